The van der Waals surface area contributed by atoms with Crippen LogP contribution in [0.4, 0.5) is 10.5 Å². The first-order valence-corrected chi connectivity index (χ1v) is 6.27. The van der Waals surface area contributed by atoms with Crippen LogP contribution in [0.25, 0.3) is 0 Å². The van der Waals surface area contributed by atoms with Crippen LogP contribution in [0.2, 0.25) is 0 Å². The number of carbonyl (C=O) groups is 2. The van der Waals surface area contributed by atoms with Gasteiger partial charge in [-0.3, -0.25) is 15.6 Å². The quantitative estimate of drug-likeness (QED) is 0.710. The molecule has 0 aliphatic carbocycles. The van der Waals surface area contributed by atoms with Gasteiger partial charge in [-0.05, 0) is 31.4 Å². The molecule has 1 unspecified atom stereocenters. The fraction of sp³-hybridized carbons (Fsp3) is 0.385. The van der Waals surface area contributed by atoms with Gasteiger partial charge in [0.25, 0.3) is 5.91 Å². The molecule has 19 heavy (non-hydrogen) atoms. The first kappa shape index (κ1) is 13.2. The van der Waals surface area contributed by atoms with Gasteiger partial charge in [0.05, 0.1) is 5.69 Å². The molecule has 2 rings (SSSR count). The third-order valence-corrected chi connectivity index (χ3v) is 3.30. The smallest absolute Gasteiger partial charge is 0.315 e. The largest absolute Gasteiger partial charge is 0.351 e. The van der Waals surface area contributed by atoms with Crippen molar-refractivity contribution in [2.45, 2.75) is 25.8 Å². The Morgan fingerprint density at radius 2 is 2.11 bits per heavy atom. The maximum Gasteiger partial charge on any atom is 0.315 e. The monoisotopic (exact) mass is 262 g/mol. The van der Waals surface area contributed by atoms with Gasteiger partial charge in [0.2, 0.25) is 0 Å². The summed E-state index contributed by atoms with van der Waals surface area (Å²) in [7, 11) is 0. The van der Waals surface area contributed by atoms with E-state index in [-0.39, 0.29) is 5.91 Å². The van der Waals surface area contributed by atoms with Crippen molar-refractivity contribution in [1.29, 1.82) is 0 Å². The normalized spacial score (nSPS) is 18.2. The van der Waals surface area contributed by atoms with E-state index in [0.29, 0.717) is 13.0 Å². The molecule has 1 aliphatic heterocycles. The minimum Gasteiger partial charge on any atom is -0.351 e. The zero-order chi connectivity index (χ0) is 13.8. The van der Waals surface area contributed by atoms with Crippen molar-refractivity contribution in [1.82, 2.24) is 10.3 Å². The number of carbonyl (C=O) groups excluding carboxylic acids is 2. The number of para-hydroxylation sites is 1. The second kappa shape index (κ2) is 5.60. The number of hydrogen-bond acceptors (Lipinski definition) is 3. The highest BCUT2D eigenvalue weighted by Gasteiger charge is 2.32. The molecule has 1 heterocycles. The maximum atomic E-state index is 12.0. The number of hydrogen-bond donors (Lipinski definition) is 3. The number of nitrogens with zero attached hydrogens (tertiary/aromatic N) is 1. The van der Waals surface area contributed by atoms with E-state index < -0.39 is 12.1 Å². The summed E-state index contributed by atoms with van der Waals surface area (Å²) in [5.41, 5.74) is 12.6. The van der Waals surface area contributed by atoms with E-state index in [1.165, 1.54) is 4.90 Å². The number of anilines is 1. The van der Waals surface area contributed by atoms with Crippen molar-refractivity contribution in [2.75, 3.05) is 12.0 Å². The summed E-state index contributed by atoms with van der Waals surface area (Å²) in [6, 6.07) is 6.60. The number of aryl methyl sites for hydroxylation is 1. The minimum absolute atomic E-state index is 0.237. The summed E-state index contributed by atoms with van der Waals surface area (Å²) in [6.45, 7) is 2.48. The number of hydrazine groups is 1. The molecule has 6 nitrogen and oxygen atoms in total. The third kappa shape index (κ3) is 2.96. The molecule has 1 fully saturated rings. The van der Waals surface area contributed by atoms with Gasteiger partial charge in [-0.1, -0.05) is 18.2 Å². The summed E-state index contributed by atoms with van der Waals surface area (Å²) in [5.74, 6) is -0.237. The minimum atomic E-state index is -0.548. The Bertz CT molecular complexity index is 489. The number of benzene rings is 1. The Kier molecular flexibility index (Phi) is 3.89. The SMILES string of the molecule is Cc1ccccc1NNC(=O)C1CCCN1C(N)=O. The lowest BCUT2D eigenvalue weighted by molar-refractivity contribution is -0.124. The molecule has 1 atom stereocenters. The van der Waals surface area contributed by atoms with Crippen LogP contribution in [-0.2, 0) is 4.79 Å². The number of urea groups is 1. The Morgan fingerprint density at radius 3 is 2.79 bits per heavy atom. The van der Waals surface area contributed by atoms with Crippen molar-refractivity contribution in [3.05, 3.63) is 29.8 Å². The highest BCUT2D eigenvalue weighted by molar-refractivity contribution is 5.87. The Labute approximate surface area is 111 Å². The summed E-state index contributed by atoms with van der Waals surface area (Å²) < 4.78 is 0. The molecule has 1 aromatic rings. The molecule has 1 saturated heterocycles. The zero-order valence-electron chi connectivity index (χ0n) is 10.8. The zero-order valence-corrected chi connectivity index (χ0v) is 10.8. The fourth-order valence-corrected chi connectivity index (χ4v) is 2.23. The van der Waals surface area contributed by atoms with E-state index in [2.05, 4.69) is 10.9 Å². The number of rotatable bonds is 3. The number of primary amides is 1. The van der Waals surface area contributed by atoms with Gasteiger partial charge in [0.15, 0.2) is 0 Å². The number of nitrogens with one attached hydrogen (secondary N) is 2. The second-order valence-electron chi connectivity index (χ2n) is 4.62. The summed E-state index contributed by atoms with van der Waals surface area (Å²) in [5, 5.41) is 0. The lowest BCUT2D eigenvalue weighted by atomic mass is 10.2. The summed E-state index contributed by atoms with van der Waals surface area (Å²) in [4.78, 5) is 24.6. The Balaban J connectivity index is 1.95. The molecular weight excluding hydrogens is 244 g/mol. The van der Waals surface area contributed by atoms with Crippen molar-refractivity contribution >= 4 is 17.6 Å². The predicted molar refractivity (Wildman–Crippen MR) is 72.3 cm³/mol. The van der Waals surface area contributed by atoms with E-state index in [4.69, 9.17) is 5.73 Å². The van der Waals surface area contributed by atoms with Crippen LogP contribution in [0.15, 0.2) is 24.3 Å². The molecule has 4 N–H and O–H groups in total. The highest BCUT2D eigenvalue weighted by atomic mass is 16.2. The molecule has 6 heteroatoms. The summed E-state index contributed by atoms with van der Waals surface area (Å²) >= 11 is 0. The standard InChI is InChI=1S/C13H18N4O2/c1-9-5-2-3-6-10(9)15-16-12(18)11-7-4-8-17(11)13(14)19/h2-3,5-6,11,15H,4,7-8H2,1H3,(H2,14,19)(H,16,18). The van der Waals surface area contributed by atoms with Crippen molar-refractivity contribution in [3.63, 3.8) is 0 Å². The van der Waals surface area contributed by atoms with Crippen LogP contribution in [0, 0.1) is 6.92 Å². The van der Waals surface area contributed by atoms with Crippen LogP contribution in [0.3, 0.4) is 0 Å². The molecule has 3 amide bonds. The van der Waals surface area contributed by atoms with Gasteiger partial charge < -0.3 is 10.6 Å². The first-order chi connectivity index (χ1) is 9.09. The molecular formula is C13H18N4O2. The van der Waals surface area contributed by atoms with Crippen LogP contribution in [0.5, 0.6) is 0 Å². The molecule has 1 aliphatic rings. The summed E-state index contributed by atoms with van der Waals surface area (Å²) in [6.07, 6.45) is 1.44. The molecule has 0 spiro atoms. The predicted octanol–water partition coefficient (Wildman–Crippen LogP) is 0.981. The topological polar surface area (TPSA) is 87.5 Å². The average molecular weight is 262 g/mol. The lowest BCUT2D eigenvalue weighted by Gasteiger charge is -2.22. The molecule has 0 radical (unpaired) electrons. The van der Waals surface area contributed by atoms with Gasteiger partial charge >= 0.3 is 6.03 Å². The molecule has 0 bridgehead atoms. The van der Waals surface area contributed by atoms with Crippen molar-refractivity contribution in [3.8, 4) is 0 Å². The number of likely N-dealkylation sites (tertiary alicyclic amines) is 1. The number of nitrogens with two attached hydrogens (primary N) is 1. The van der Waals surface area contributed by atoms with Gasteiger partial charge in [0, 0.05) is 6.54 Å². The maximum absolute atomic E-state index is 12.0. The highest BCUT2D eigenvalue weighted by Crippen LogP contribution is 2.17. The molecule has 1 aromatic carbocycles. The molecule has 0 saturated carbocycles. The van der Waals surface area contributed by atoms with E-state index in [1.54, 1.807) is 0 Å². The van der Waals surface area contributed by atoms with Crippen molar-refractivity contribution in [2.24, 2.45) is 5.73 Å². The van der Waals surface area contributed by atoms with Crippen LogP contribution >= 0.6 is 0 Å². The Hall–Kier alpha value is -2.24. The van der Waals surface area contributed by atoms with Crippen molar-refractivity contribution < 1.29 is 9.59 Å². The molecule has 0 aromatic heterocycles. The van der Waals surface area contributed by atoms with Crippen LogP contribution in [0.1, 0.15) is 18.4 Å². The van der Waals surface area contributed by atoms with E-state index in [0.717, 1.165) is 17.7 Å². The second-order valence-corrected chi connectivity index (χ2v) is 4.62. The van der Waals surface area contributed by atoms with Gasteiger partial charge in [-0.25, -0.2) is 4.79 Å². The van der Waals surface area contributed by atoms with Crippen LogP contribution in [-0.4, -0.2) is 29.4 Å². The van der Waals surface area contributed by atoms with Crippen LogP contribution < -0.4 is 16.6 Å². The number of amides is 3. The third-order valence-electron chi connectivity index (χ3n) is 3.30. The first-order valence-electron chi connectivity index (χ1n) is 6.27. The van der Waals surface area contributed by atoms with E-state index in [1.807, 2.05) is 31.2 Å². The lowest BCUT2D eigenvalue weighted by Crippen LogP contribution is -2.49. The fourth-order valence-electron chi connectivity index (χ4n) is 2.23. The van der Waals surface area contributed by atoms with E-state index >= 15 is 0 Å². The van der Waals surface area contributed by atoms with Gasteiger partial charge in [0.1, 0.15) is 6.04 Å². The van der Waals surface area contributed by atoms with Gasteiger partial charge in [-0.15, -0.1) is 0 Å². The average Bonchev–Trinajstić information content (AvgIpc) is 2.87. The molecule has 102 valence electrons. The van der Waals surface area contributed by atoms with E-state index in [9.17, 15) is 9.59 Å². The van der Waals surface area contributed by atoms with Gasteiger partial charge in [-0.2, -0.15) is 0 Å². The Morgan fingerprint density at radius 1 is 1.37 bits per heavy atom.